The van der Waals surface area contributed by atoms with E-state index in [0.29, 0.717) is 18.3 Å². The zero-order valence-corrected chi connectivity index (χ0v) is 24.7. The Hall–Kier alpha value is -0.164. The van der Waals surface area contributed by atoms with Crippen LogP contribution in [0.15, 0.2) is 18.2 Å². The van der Waals surface area contributed by atoms with Gasteiger partial charge in [0.2, 0.25) is 0 Å². The number of carbonyl (C=O) groups is 1. The molecule has 11 nitrogen and oxygen atoms in total. The van der Waals surface area contributed by atoms with E-state index in [2.05, 4.69) is 11.1 Å². The SMILES string of the molecule is CC12CCC3c4ccc(OS(=O)(=O)O)cc4CCC3C1CCC2OC1OC(C(=O)O)C(O)C(O)C1O.[K]. The van der Waals surface area contributed by atoms with Gasteiger partial charge in [0.15, 0.2) is 12.4 Å². The van der Waals surface area contributed by atoms with Crippen LogP contribution < -0.4 is 4.18 Å². The molecule has 0 amide bonds. The number of fused-ring (bicyclic) bond motifs is 5. The van der Waals surface area contributed by atoms with Crippen LogP contribution in [0.2, 0.25) is 0 Å². The van der Waals surface area contributed by atoms with Gasteiger partial charge >= 0.3 is 16.4 Å². The van der Waals surface area contributed by atoms with Crippen LogP contribution in [0.5, 0.6) is 5.75 Å². The van der Waals surface area contributed by atoms with Gasteiger partial charge in [0.05, 0.1) is 6.10 Å². The molecular weight excluding hydrogens is 535 g/mol. The first-order chi connectivity index (χ1) is 16.9. The van der Waals surface area contributed by atoms with Crippen LogP contribution in [0, 0.1) is 17.3 Å². The van der Waals surface area contributed by atoms with Crippen molar-refractivity contribution in [2.24, 2.45) is 17.3 Å². The van der Waals surface area contributed by atoms with E-state index in [1.165, 1.54) is 0 Å². The van der Waals surface area contributed by atoms with Gasteiger partial charge in [-0.1, -0.05) is 13.0 Å². The Balaban J connectivity index is 0.00000320. The van der Waals surface area contributed by atoms with Crippen molar-refractivity contribution in [3.05, 3.63) is 29.3 Å². The number of rotatable bonds is 5. The summed E-state index contributed by atoms with van der Waals surface area (Å²) in [6.45, 7) is 2.15. The largest absolute Gasteiger partial charge is 0.479 e. The molecule has 37 heavy (non-hydrogen) atoms. The summed E-state index contributed by atoms with van der Waals surface area (Å²) in [6.07, 6.45) is -3.49. The predicted molar refractivity (Wildman–Crippen MR) is 128 cm³/mol. The van der Waals surface area contributed by atoms with Crippen LogP contribution in [-0.4, -0.2) is 128 Å². The molecule has 1 saturated heterocycles. The topological polar surface area (TPSA) is 180 Å². The number of aliphatic carboxylic acids is 1. The molecule has 0 spiro atoms. The summed E-state index contributed by atoms with van der Waals surface area (Å²) in [5, 5.41) is 39.9. The molecule has 2 saturated carbocycles. The van der Waals surface area contributed by atoms with Crippen LogP contribution in [-0.2, 0) is 31.1 Å². The summed E-state index contributed by atoms with van der Waals surface area (Å²) in [4.78, 5) is 11.5. The molecule has 3 fully saturated rings. The Bertz CT molecular complexity index is 1130. The van der Waals surface area contributed by atoms with Crippen molar-refractivity contribution in [3.63, 3.8) is 0 Å². The number of ether oxygens (including phenoxy) is 2. The Morgan fingerprint density at radius 2 is 1.81 bits per heavy atom. The molecule has 1 aromatic rings. The first-order valence-electron chi connectivity index (χ1n) is 12.3. The second-order valence-corrected chi connectivity index (χ2v) is 11.8. The fourth-order valence-electron chi connectivity index (χ4n) is 7.23. The molecule has 13 heteroatoms. The normalized spacial score (nSPS) is 41.1. The summed E-state index contributed by atoms with van der Waals surface area (Å²) in [5.74, 6) is -0.383. The number of aliphatic hydroxyl groups excluding tert-OH is 3. The second-order valence-electron chi connectivity index (χ2n) is 10.8. The fourth-order valence-corrected chi connectivity index (χ4v) is 7.58. The van der Waals surface area contributed by atoms with Crippen molar-refractivity contribution in [2.75, 3.05) is 0 Å². The molecule has 5 N–H and O–H groups in total. The van der Waals surface area contributed by atoms with Gasteiger partial charge in [-0.25, -0.2) is 4.79 Å². The van der Waals surface area contributed by atoms with Crippen molar-refractivity contribution in [1.29, 1.82) is 0 Å². The smallest absolute Gasteiger partial charge is 0.446 e. The molecule has 10 atom stereocenters. The van der Waals surface area contributed by atoms with Crippen molar-refractivity contribution in [1.82, 2.24) is 0 Å². The van der Waals surface area contributed by atoms with E-state index < -0.39 is 47.1 Å². The number of aliphatic hydroxyl groups is 3. The number of carboxylic acids is 1. The first kappa shape index (κ1) is 29.8. The quantitative estimate of drug-likeness (QED) is 0.249. The van der Waals surface area contributed by atoms with Crippen LogP contribution in [0.25, 0.3) is 0 Å². The third-order valence-corrected chi connectivity index (χ3v) is 9.33. The number of aryl methyl sites for hydroxylation is 1. The van der Waals surface area contributed by atoms with Crippen molar-refractivity contribution in [2.45, 2.75) is 88.2 Å². The molecule has 1 aliphatic heterocycles. The van der Waals surface area contributed by atoms with Crippen LogP contribution >= 0.6 is 0 Å². The summed E-state index contributed by atoms with van der Waals surface area (Å²) in [5.41, 5.74) is 1.93. The predicted octanol–water partition coefficient (Wildman–Crippen LogP) is 0.621. The molecule has 201 valence electrons. The minimum Gasteiger partial charge on any atom is -0.479 e. The van der Waals surface area contributed by atoms with E-state index in [1.54, 1.807) is 12.1 Å². The second kappa shape index (κ2) is 11.0. The standard InChI is InChI=1S/C24H32O11S.K/c1-24-9-8-14-13-5-3-12(35-36(30,31)32)10-11(13)2-4-15(14)16(24)6-7-17(24)33-23-20(27)18(25)19(26)21(34-23)22(28)29;/h3,5,10,14-21,23,25-27H,2,4,6-9H2,1H3,(H,28,29)(H,30,31,32);. The van der Waals surface area contributed by atoms with E-state index >= 15 is 0 Å². The van der Waals surface area contributed by atoms with Gasteiger partial charge in [-0.05, 0) is 85.0 Å². The molecule has 5 rings (SSSR count). The number of benzene rings is 1. The molecule has 1 heterocycles. The fraction of sp³-hybridized carbons (Fsp3) is 0.708. The monoisotopic (exact) mass is 567 g/mol. The van der Waals surface area contributed by atoms with E-state index in [0.717, 1.165) is 43.2 Å². The Kier molecular flexibility index (Phi) is 8.87. The number of hydrogen-bond acceptors (Lipinski definition) is 9. The molecular formula is C24H32KO11S. The third kappa shape index (κ3) is 5.57. The number of carboxylic acid groups (broad SMARTS) is 1. The van der Waals surface area contributed by atoms with Crippen molar-refractivity contribution in [3.8, 4) is 5.75 Å². The summed E-state index contributed by atoms with van der Waals surface area (Å²) >= 11 is 0. The zero-order valence-electron chi connectivity index (χ0n) is 20.8. The van der Waals surface area contributed by atoms with E-state index in [1.807, 2.05) is 6.07 Å². The summed E-state index contributed by atoms with van der Waals surface area (Å²) in [6, 6.07) is 5.11. The van der Waals surface area contributed by atoms with Crippen LogP contribution in [0.3, 0.4) is 0 Å². The average Bonchev–Trinajstić information content (AvgIpc) is 3.13. The Morgan fingerprint density at radius 3 is 2.49 bits per heavy atom. The van der Waals surface area contributed by atoms with Gasteiger partial charge in [0, 0.05) is 51.4 Å². The Labute approximate surface area is 257 Å². The minimum atomic E-state index is -4.59. The maximum absolute atomic E-state index is 11.5. The van der Waals surface area contributed by atoms with E-state index in [4.69, 9.17) is 14.0 Å². The third-order valence-electron chi connectivity index (χ3n) is 8.92. The van der Waals surface area contributed by atoms with Gasteiger partial charge in [0.1, 0.15) is 24.1 Å². The van der Waals surface area contributed by atoms with Gasteiger partial charge in [0.25, 0.3) is 0 Å². The first-order valence-corrected chi connectivity index (χ1v) is 13.6. The molecule has 10 unspecified atom stereocenters. The van der Waals surface area contributed by atoms with Gasteiger partial charge in [-0.15, -0.1) is 0 Å². The molecule has 1 radical (unpaired) electrons. The summed E-state index contributed by atoms with van der Waals surface area (Å²) in [7, 11) is -4.59. The van der Waals surface area contributed by atoms with Crippen molar-refractivity contribution >= 4 is 67.8 Å². The van der Waals surface area contributed by atoms with E-state index in [9.17, 15) is 33.6 Å². The number of hydrogen-bond donors (Lipinski definition) is 5. The maximum atomic E-state index is 11.5. The molecule has 1 aromatic carbocycles. The maximum Gasteiger partial charge on any atom is 0.446 e. The zero-order chi connectivity index (χ0) is 26.0. The Morgan fingerprint density at radius 1 is 1.08 bits per heavy atom. The van der Waals surface area contributed by atoms with Gasteiger partial charge < -0.3 is 34.1 Å². The molecule has 0 aromatic heterocycles. The molecule has 3 aliphatic carbocycles. The molecule has 0 bridgehead atoms. The van der Waals surface area contributed by atoms with Crippen LogP contribution in [0.4, 0.5) is 0 Å². The van der Waals surface area contributed by atoms with E-state index in [-0.39, 0.29) is 74.6 Å². The van der Waals surface area contributed by atoms with Crippen LogP contribution in [0.1, 0.15) is 56.1 Å². The molecule has 4 aliphatic rings. The van der Waals surface area contributed by atoms with Crippen molar-refractivity contribution < 1.29 is 51.8 Å². The summed E-state index contributed by atoms with van der Waals surface area (Å²) < 4.78 is 47.3. The average molecular weight is 568 g/mol. The minimum absolute atomic E-state index is 0. The van der Waals surface area contributed by atoms with Gasteiger partial charge in [-0.2, -0.15) is 8.42 Å². The van der Waals surface area contributed by atoms with Gasteiger partial charge in [-0.3, -0.25) is 4.55 Å².